The molecule has 0 unspecified atom stereocenters. The number of amides is 1. The SMILES string of the molecule is COc1ccc(NC(=O)C[C@@H]2C=CCC2)cc1F. The van der Waals surface area contributed by atoms with Crippen LogP contribution in [0.5, 0.6) is 5.75 Å². The number of allylic oxidation sites excluding steroid dienone is 2. The molecule has 2 rings (SSSR count). The van der Waals surface area contributed by atoms with Crippen LogP contribution in [0.15, 0.2) is 30.4 Å². The van der Waals surface area contributed by atoms with Gasteiger partial charge in [0.1, 0.15) is 0 Å². The fourth-order valence-corrected chi connectivity index (χ4v) is 2.06. The Kier molecular flexibility index (Phi) is 3.97. The predicted octanol–water partition coefficient (Wildman–Crippen LogP) is 3.13. The summed E-state index contributed by atoms with van der Waals surface area (Å²) in [7, 11) is 1.41. The fourth-order valence-electron chi connectivity index (χ4n) is 2.06. The summed E-state index contributed by atoms with van der Waals surface area (Å²) in [5.74, 6) is -0.0769. The minimum absolute atomic E-state index is 0.0869. The molecule has 1 N–H and O–H groups in total. The Balaban J connectivity index is 1.94. The zero-order valence-electron chi connectivity index (χ0n) is 10.3. The average Bonchev–Trinajstić information content (AvgIpc) is 2.82. The first-order chi connectivity index (χ1) is 8.69. The van der Waals surface area contributed by atoms with E-state index in [0.29, 0.717) is 18.0 Å². The molecule has 1 aromatic rings. The highest BCUT2D eigenvalue weighted by Gasteiger charge is 2.14. The highest BCUT2D eigenvalue weighted by molar-refractivity contribution is 5.91. The third kappa shape index (κ3) is 3.09. The van der Waals surface area contributed by atoms with Crippen molar-refractivity contribution in [3.05, 3.63) is 36.2 Å². The molecule has 18 heavy (non-hydrogen) atoms. The van der Waals surface area contributed by atoms with E-state index in [4.69, 9.17) is 4.74 Å². The maximum atomic E-state index is 13.4. The molecule has 0 radical (unpaired) electrons. The van der Waals surface area contributed by atoms with Gasteiger partial charge in [-0.1, -0.05) is 12.2 Å². The monoisotopic (exact) mass is 249 g/mol. The van der Waals surface area contributed by atoms with Crippen molar-refractivity contribution < 1.29 is 13.9 Å². The van der Waals surface area contributed by atoms with E-state index in [-0.39, 0.29) is 11.7 Å². The molecule has 0 saturated heterocycles. The summed E-state index contributed by atoms with van der Waals surface area (Å²) in [5, 5.41) is 2.69. The molecule has 0 fully saturated rings. The summed E-state index contributed by atoms with van der Waals surface area (Å²) in [5.41, 5.74) is 0.459. The van der Waals surface area contributed by atoms with Gasteiger partial charge < -0.3 is 10.1 Å². The molecule has 1 aliphatic carbocycles. The summed E-state index contributed by atoms with van der Waals surface area (Å²) in [6, 6.07) is 4.39. The highest BCUT2D eigenvalue weighted by Crippen LogP contribution is 2.23. The molecule has 3 nitrogen and oxygen atoms in total. The van der Waals surface area contributed by atoms with Crippen LogP contribution < -0.4 is 10.1 Å². The first-order valence-corrected chi connectivity index (χ1v) is 5.99. The lowest BCUT2D eigenvalue weighted by Crippen LogP contribution is -2.14. The van der Waals surface area contributed by atoms with Crippen molar-refractivity contribution in [3.63, 3.8) is 0 Å². The standard InChI is InChI=1S/C14H16FNO2/c1-18-13-7-6-11(9-12(13)15)16-14(17)8-10-4-2-3-5-10/h2,4,6-7,9-10H,3,5,8H2,1H3,(H,16,17)/t10-/m1/s1. The number of methoxy groups -OCH3 is 1. The van der Waals surface area contributed by atoms with Gasteiger partial charge in [-0.15, -0.1) is 0 Å². The molecule has 0 heterocycles. The van der Waals surface area contributed by atoms with E-state index >= 15 is 0 Å². The summed E-state index contributed by atoms with van der Waals surface area (Å²) in [6.07, 6.45) is 6.66. The summed E-state index contributed by atoms with van der Waals surface area (Å²) >= 11 is 0. The quantitative estimate of drug-likeness (QED) is 0.832. The van der Waals surface area contributed by atoms with E-state index in [0.717, 1.165) is 12.8 Å². The average molecular weight is 249 g/mol. The molecule has 4 heteroatoms. The van der Waals surface area contributed by atoms with E-state index in [1.165, 1.54) is 19.2 Å². The van der Waals surface area contributed by atoms with E-state index in [1.807, 2.05) is 0 Å². The number of hydrogen-bond acceptors (Lipinski definition) is 2. The Morgan fingerprint density at radius 1 is 1.56 bits per heavy atom. The predicted molar refractivity (Wildman–Crippen MR) is 68.1 cm³/mol. The van der Waals surface area contributed by atoms with Crippen LogP contribution in [0.4, 0.5) is 10.1 Å². The lowest BCUT2D eigenvalue weighted by molar-refractivity contribution is -0.116. The van der Waals surface area contributed by atoms with Crippen molar-refractivity contribution in [1.82, 2.24) is 0 Å². The van der Waals surface area contributed by atoms with Crippen LogP contribution in [-0.4, -0.2) is 13.0 Å². The number of rotatable bonds is 4. The fraction of sp³-hybridized carbons (Fsp3) is 0.357. The molecule has 1 aromatic carbocycles. The van der Waals surface area contributed by atoms with Crippen LogP contribution in [0, 0.1) is 11.7 Å². The van der Waals surface area contributed by atoms with E-state index in [1.54, 1.807) is 6.07 Å². The second-order valence-electron chi connectivity index (χ2n) is 4.37. The lowest BCUT2D eigenvalue weighted by Gasteiger charge is -2.09. The van der Waals surface area contributed by atoms with Crippen molar-refractivity contribution >= 4 is 11.6 Å². The second-order valence-corrected chi connectivity index (χ2v) is 4.37. The van der Waals surface area contributed by atoms with Gasteiger partial charge in [-0.2, -0.15) is 0 Å². The lowest BCUT2D eigenvalue weighted by atomic mass is 10.1. The van der Waals surface area contributed by atoms with Crippen LogP contribution in [0.2, 0.25) is 0 Å². The van der Waals surface area contributed by atoms with Crippen LogP contribution in [0.1, 0.15) is 19.3 Å². The van der Waals surface area contributed by atoms with Crippen molar-refractivity contribution in [3.8, 4) is 5.75 Å². The first-order valence-electron chi connectivity index (χ1n) is 5.99. The van der Waals surface area contributed by atoms with Crippen molar-refractivity contribution in [1.29, 1.82) is 0 Å². The van der Waals surface area contributed by atoms with E-state index < -0.39 is 5.82 Å². The number of carbonyl (C=O) groups is 1. The minimum Gasteiger partial charge on any atom is -0.494 e. The second kappa shape index (κ2) is 5.67. The number of hydrogen-bond donors (Lipinski definition) is 1. The number of ether oxygens (including phenoxy) is 1. The topological polar surface area (TPSA) is 38.3 Å². The van der Waals surface area contributed by atoms with Gasteiger partial charge in [0.15, 0.2) is 11.6 Å². The molecule has 1 aliphatic rings. The number of nitrogens with one attached hydrogen (secondary N) is 1. The van der Waals surface area contributed by atoms with Gasteiger partial charge in [-0.25, -0.2) is 4.39 Å². The summed E-state index contributed by atoms with van der Waals surface area (Å²) in [6.45, 7) is 0. The molecule has 96 valence electrons. The van der Waals surface area contributed by atoms with Gasteiger partial charge in [-0.3, -0.25) is 4.79 Å². The first kappa shape index (κ1) is 12.6. The molecule has 0 aliphatic heterocycles. The molecular weight excluding hydrogens is 233 g/mol. The van der Waals surface area contributed by atoms with Crippen molar-refractivity contribution in [2.24, 2.45) is 5.92 Å². The van der Waals surface area contributed by atoms with E-state index in [2.05, 4.69) is 17.5 Å². The van der Waals surface area contributed by atoms with Crippen molar-refractivity contribution in [2.45, 2.75) is 19.3 Å². The van der Waals surface area contributed by atoms with E-state index in [9.17, 15) is 9.18 Å². The Hall–Kier alpha value is -1.84. The number of carbonyl (C=O) groups excluding carboxylic acids is 1. The minimum atomic E-state index is -0.476. The number of benzene rings is 1. The molecular formula is C14H16FNO2. The number of halogens is 1. The van der Waals surface area contributed by atoms with Gasteiger partial charge >= 0.3 is 0 Å². The summed E-state index contributed by atoms with van der Waals surface area (Å²) in [4.78, 5) is 11.7. The number of anilines is 1. The summed E-state index contributed by atoms with van der Waals surface area (Å²) < 4.78 is 18.2. The molecule has 1 atom stereocenters. The van der Waals surface area contributed by atoms with Gasteiger partial charge in [0, 0.05) is 18.2 Å². The maximum absolute atomic E-state index is 13.4. The van der Waals surface area contributed by atoms with Gasteiger partial charge in [0.2, 0.25) is 5.91 Å². The molecule has 0 spiro atoms. The third-order valence-corrected chi connectivity index (χ3v) is 3.00. The van der Waals surface area contributed by atoms with Gasteiger partial charge in [0.25, 0.3) is 0 Å². The van der Waals surface area contributed by atoms with Crippen LogP contribution in [-0.2, 0) is 4.79 Å². The Morgan fingerprint density at radius 3 is 3.00 bits per heavy atom. The largest absolute Gasteiger partial charge is 0.494 e. The Bertz CT molecular complexity index is 471. The maximum Gasteiger partial charge on any atom is 0.224 e. The van der Waals surface area contributed by atoms with Crippen molar-refractivity contribution in [2.75, 3.05) is 12.4 Å². The smallest absolute Gasteiger partial charge is 0.224 e. The zero-order chi connectivity index (χ0) is 13.0. The van der Waals surface area contributed by atoms with Gasteiger partial charge in [-0.05, 0) is 30.9 Å². The van der Waals surface area contributed by atoms with Gasteiger partial charge in [0.05, 0.1) is 7.11 Å². The molecule has 1 amide bonds. The highest BCUT2D eigenvalue weighted by atomic mass is 19.1. The Morgan fingerprint density at radius 2 is 2.39 bits per heavy atom. The molecule has 0 saturated carbocycles. The normalized spacial score (nSPS) is 17.8. The molecule has 0 bridgehead atoms. The Labute approximate surface area is 106 Å². The zero-order valence-corrected chi connectivity index (χ0v) is 10.3. The van der Waals surface area contributed by atoms with Crippen LogP contribution >= 0.6 is 0 Å². The van der Waals surface area contributed by atoms with Crippen LogP contribution in [0.3, 0.4) is 0 Å². The third-order valence-electron chi connectivity index (χ3n) is 3.00. The van der Waals surface area contributed by atoms with Crippen LogP contribution in [0.25, 0.3) is 0 Å². The molecule has 0 aromatic heterocycles.